The second-order valence-corrected chi connectivity index (χ2v) is 5.46. The van der Waals surface area contributed by atoms with Crippen molar-refractivity contribution in [2.45, 2.75) is 32.7 Å². The molecule has 2 rings (SSSR count). The number of amides is 2. The molecule has 0 aliphatic rings. The highest BCUT2D eigenvalue weighted by molar-refractivity contribution is 5.93. The zero-order valence-electron chi connectivity index (χ0n) is 13.6. The predicted molar refractivity (Wildman–Crippen MR) is 87.5 cm³/mol. The summed E-state index contributed by atoms with van der Waals surface area (Å²) < 4.78 is 1.67. The van der Waals surface area contributed by atoms with E-state index in [1.807, 2.05) is 26.0 Å². The van der Waals surface area contributed by atoms with E-state index in [4.69, 9.17) is 5.11 Å². The monoisotopic (exact) mass is 332 g/mol. The summed E-state index contributed by atoms with van der Waals surface area (Å²) in [5.41, 5.74) is 1.28. The number of anilines is 1. The van der Waals surface area contributed by atoms with Crippen molar-refractivity contribution in [2.75, 3.05) is 11.9 Å². The maximum Gasteiger partial charge on any atom is 0.319 e. The minimum absolute atomic E-state index is 0.0139. The van der Waals surface area contributed by atoms with Gasteiger partial charge in [-0.3, -0.25) is 4.79 Å². The standard InChI is InChI=1S/C15H20N6O3/c1-10(2)21-14(18-19-20-21)11-6-3-4-7-12(11)17-15(24)16-9-5-8-13(22)23/h3-4,6-7,10H,5,8-9H2,1-2H3,(H,22,23)(H2,16,17,24). The number of carboxylic acids is 1. The van der Waals surface area contributed by atoms with E-state index in [2.05, 4.69) is 26.2 Å². The molecule has 3 N–H and O–H groups in total. The van der Waals surface area contributed by atoms with Gasteiger partial charge < -0.3 is 15.7 Å². The minimum atomic E-state index is -0.886. The van der Waals surface area contributed by atoms with E-state index in [1.54, 1.807) is 16.8 Å². The fourth-order valence-corrected chi connectivity index (χ4v) is 2.11. The lowest BCUT2D eigenvalue weighted by Gasteiger charge is -2.13. The van der Waals surface area contributed by atoms with E-state index in [-0.39, 0.29) is 19.0 Å². The van der Waals surface area contributed by atoms with Crippen LogP contribution in [0.4, 0.5) is 10.5 Å². The Morgan fingerprint density at radius 1 is 1.29 bits per heavy atom. The Kier molecular flexibility index (Phi) is 5.83. The summed E-state index contributed by atoms with van der Waals surface area (Å²) >= 11 is 0. The van der Waals surface area contributed by atoms with Crippen LogP contribution in [-0.2, 0) is 4.79 Å². The van der Waals surface area contributed by atoms with Crippen LogP contribution in [-0.4, -0.2) is 43.9 Å². The molecule has 9 nitrogen and oxygen atoms in total. The maximum absolute atomic E-state index is 12.0. The lowest BCUT2D eigenvalue weighted by atomic mass is 10.1. The molecule has 0 radical (unpaired) electrons. The minimum Gasteiger partial charge on any atom is -0.481 e. The fourth-order valence-electron chi connectivity index (χ4n) is 2.11. The Balaban J connectivity index is 2.08. The summed E-state index contributed by atoms with van der Waals surface area (Å²) in [6.07, 6.45) is 0.385. The molecule has 0 saturated heterocycles. The first-order chi connectivity index (χ1) is 11.5. The number of carboxylic acid groups (broad SMARTS) is 1. The number of nitrogens with one attached hydrogen (secondary N) is 2. The SMILES string of the molecule is CC(C)n1nnnc1-c1ccccc1NC(=O)NCCCC(=O)O. The molecule has 0 aliphatic heterocycles. The Labute approximate surface area is 139 Å². The zero-order valence-corrected chi connectivity index (χ0v) is 13.6. The molecule has 0 aliphatic carbocycles. The van der Waals surface area contributed by atoms with Crippen LogP contribution in [0.1, 0.15) is 32.7 Å². The van der Waals surface area contributed by atoms with Crippen molar-refractivity contribution >= 4 is 17.7 Å². The number of carbonyl (C=O) groups is 2. The number of nitrogens with zero attached hydrogens (tertiary/aromatic N) is 4. The van der Waals surface area contributed by atoms with Gasteiger partial charge in [0.2, 0.25) is 0 Å². The number of para-hydroxylation sites is 1. The van der Waals surface area contributed by atoms with Gasteiger partial charge in [0.05, 0.1) is 11.7 Å². The van der Waals surface area contributed by atoms with Gasteiger partial charge in [-0.25, -0.2) is 9.48 Å². The Morgan fingerprint density at radius 3 is 2.75 bits per heavy atom. The first-order valence-electron chi connectivity index (χ1n) is 7.63. The lowest BCUT2D eigenvalue weighted by molar-refractivity contribution is -0.137. The first-order valence-corrected chi connectivity index (χ1v) is 7.63. The van der Waals surface area contributed by atoms with Crippen molar-refractivity contribution in [3.63, 3.8) is 0 Å². The van der Waals surface area contributed by atoms with Crippen molar-refractivity contribution in [1.29, 1.82) is 0 Å². The summed E-state index contributed by atoms with van der Waals surface area (Å²) in [5, 5.41) is 25.6. The van der Waals surface area contributed by atoms with Gasteiger partial charge in [0.15, 0.2) is 5.82 Å². The third-order valence-electron chi connectivity index (χ3n) is 3.25. The quantitative estimate of drug-likeness (QED) is 0.666. The van der Waals surface area contributed by atoms with Crippen LogP contribution in [0.5, 0.6) is 0 Å². The third-order valence-corrected chi connectivity index (χ3v) is 3.25. The Bertz CT molecular complexity index is 713. The van der Waals surface area contributed by atoms with Gasteiger partial charge in [-0.1, -0.05) is 12.1 Å². The van der Waals surface area contributed by atoms with E-state index in [0.29, 0.717) is 23.5 Å². The molecule has 0 bridgehead atoms. The van der Waals surface area contributed by atoms with Crippen molar-refractivity contribution in [1.82, 2.24) is 25.5 Å². The first kappa shape index (κ1) is 17.4. The van der Waals surface area contributed by atoms with E-state index in [0.717, 1.165) is 0 Å². The number of aromatic nitrogens is 4. The van der Waals surface area contributed by atoms with Crippen LogP contribution in [0.15, 0.2) is 24.3 Å². The van der Waals surface area contributed by atoms with E-state index >= 15 is 0 Å². The van der Waals surface area contributed by atoms with Gasteiger partial charge >= 0.3 is 12.0 Å². The normalized spacial score (nSPS) is 10.6. The molecule has 0 unspecified atom stereocenters. The number of benzene rings is 1. The molecule has 9 heteroatoms. The van der Waals surface area contributed by atoms with Gasteiger partial charge in [-0.15, -0.1) is 5.10 Å². The largest absolute Gasteiger partial charge is 0.481 e. The number of carbonyl (C=O) groups excluding carboxylic acids is 1. The second-order valence-electron chi connectivity index (χ2n) is 5.46. The van der Waals surface area contributed by atoms with Crippen LogP contribution in [0.2, 0.25) is 0 Å². The van der Waals surface area contributed by atoms with E-state index in [9.17, 15) is 9.59 Å². The summed E-state index contributed by atoms with van der Waals surface area (Å²) in [5.74, 6) is -0.324. The molecular formula is C15H20N6O3. The molecule has 1 aromatic carbocycles. The highest BCUT2D eigenvalue weighted by Crippen LogP contribution is 2.26. The number of aliphatic carboxylic acids is 1. The topological polar surface area (TPSA) is 122 Å². The van der Waals surface area contributed by atoms with Crippen LogP contribution < -0.4 is 10.6 Å². The van der Waals surface area contributed by atoms with E-state index in [1.165, 1.54) is 0 Å². The number of rotatable bonds is 7. The fraction of sp³-hybridized carbons (Fsp3) is 0.400. The number of hydrogen-bond donors (Lipinski definition) is 3. The maximum atomic E-state index is 12.0. The van der Waals surface area contributed by atoms with Gasteiger partial charge in [-0.2, -0.15) is 0 Å². The van der Waals surface area contributed by atoms with Crippen molar-refractivity contribution in [2.24, 2.45) is 0 Å². The van der Waals surface area contributed by atoms with Gasteiger partial charge in [-0.05, 0) is 42.8 Å². The average molecular weight is 332 g/mol. The van der Waals surface area contributed by atoms with Crippen LogP contribution in [0.3, 0.4) is 0 Å². The summed E-state index contributed by atoms with van der Waals surface area (Å²) in [7, 11) is 0. The number of hydrogen-bond acceptors (Lipinski definition) is 5. The molecule has 0 spiro atoms. The Morgan fingerprint density at radius 2 is 2.04 bits per heavy atom. The molecule has 0 fully saturated rings. The van der Waals surface area contributed by atoms with Crippen LogP contribution in [0.25, 0.3) is 11.4 Å². The highest BCUT2D eigenvalue weighted by Gasteiger charge is 2.16. The highest BCUT2D eigenvalue weighted by atomic mass is 16.4. The molecule has 1 aromatic heterocycles. The molecule has 24 heavy (non-hydrogen) atoms. The molecule has 128 valence electrons. The number of urea groups is 1. The van der Waals surface area contributed by atoms with Crippen molar-refractivity contribution < 1.29 is 14.7 Å². The van der Waals surface area contributed by atoms with Gasteiger partial charge in [0.25, 0.3) is 0 Å². The smallest absolute Gasteiger partial charge is 0.319 e. The summed E-state index contributed by atoms with van der Waals surface area (Å²) in [6, 6.07) is 6.89. The predicted octanol–water partition coefficient (Wildman–Crippen LogP) is 1.91. The van der Waals surface area contributed by atoms with Crippen molar-refractivity contribution in [3.8, 4) is 11.4 Å². The zero-order chi connectivity index (χ0) is 17.5. The third kappa shape index (κ3) is 4.51. The number of tetrazole rings is 1. The summed E-state index contributed by atoms with van der Waals surface area (Å²) in [6.45, 7) is 4.21. The van der Waals surface area contributed by atoms with Crippen molar-refractivity contribution in [3.05, 3.63) is 24.3 Å². The molecule has 1 heterocycles. The Hall–Kier alpha value is -2.97. The van der Waals surface area contributed by atoms with Crippen LogP contribution >= 0.6 is 0 Å². The molecule has 2 aromatic rings. The van der Waals surface area contributed by atoms with Gasteiger partial charge in [0, 0.05) is 18.5 Å². The van der Waals surface area contributed by atoms with Gasteiger partial charge in [0.1, 0.15) is 0 Å². The van der Waals surface area contributed by atoms with E-state index < -0.39 is 12.0 Å². The average Bonchev–Trinajstić information content (AvgIpc) is 3.01. The molecular weight excluding hydrogens is 312 g/mol. The second kappa shape index (κ2) is 8.04. The van der Waals surface area contributed by atoms with Crippen LogP contribution in [0, 0.1) is 0 Å². The lowest BCUT2D eigenvalue weighted by Crippen LogP contribution is -2.30. The molecule has 0 atom stereocenters. The summed E-state index contributed by atoms with van der Waals surface area (Å²) in [4.78, 5) is 22.4. The molecule has 0 saturated carbocycles. The molecule has 2 amide bonds.